The van der Waals surface area contributed by atoms with Gasteiger partial charge in [0, 0.05) is 6.20 Å². The molecule has 2 heterocycles. The topological polar surface area (TPSA) is 250 Å². The van der Waals surface area contributed by atoms with Crippen molar-refractivity contribution >= 4 is 29.3 Å². The molecule has 1 aromatic heterocycles. The van der Waals surface area contributed by atoms with E-state index < -0.39 is 59.9 Å². The predicted octanol–water partition coefficient (Wildman–Crippen LogP) is -0.845. The molecule has 0 aromatic carbocycles. The molecule has 0 saturated carbocycles. The van der Waals surface area contributed by atoms with E-state index in [9.17, 15) is 32.9 Å². The first kappa shape index (κ1) is 25.2. The van der Waals surface area contributed by atoms with Gasteiger partial charge in [-0.15, -0.1) is 0 Å². The van der Waals surface area contributed by atoms with Crippen LogP contribution < -0.4 is 11.4 Å². The monoisotopic (exact) mass is 499 g/mol. The van der Waals surface area contributed by atoms with Gasteiger partial charge in [0.2, 0.25) is 0 Å². The lowest BCUT2D eigenvalue weighted by atomic mass is 9.99. The smallest absolute Gasteiger partial charge is 0.387 e. The molecule has 1 aromatic rings. The number of anilines is 1. The molecular formula is C10H17FN3O13P3. The summed E-state index contributed by atoms with van der Waals surface area (Å²) < 4.78 is 65.5. The summed E-state index contributed by atoms with van der Waals surface area (Å²) in [7, 11) is -16.9. The van der Waals surface area contributed by atoms with Crippen LogP contribution in [-0.4, -0.2) is 58.7 Å². The number of aromatic nitrogens is 2. The fourth-order valence-electron chi connectivity index (χ4n) is 2.37. The first-order valence-corrected chi connectivity index (χ1v) is 12.1. The Bertz CT molecular complexity index is 999. The van der Waals surface area contributed by atoms with Crippen LogP contribution in [-0.2, 0) is 31.6 Å². The van der Waals surface area contributed by atoms with E-state index >= 15 is 0 Å². The Morgan fingerprint density at radius 2 is 1.87 bits per heavy atom. The zero-order chi connectivity index (χ0) is 23.1. The normalized spacial score (nSPS) is 31.2. The average Bonchev–Trinajstić information content (AvgIpc) is 2.75. The number of phosphoric acid groups is 3. The summed E-state index contributed by atoms with van der Waals surface area (Å²) in [6.07, 6.45) is -4.99. The van der Waals surface area contributed by atoms with Crippen molar-refractivity contribution in [2.24, 2.45) is 0 Å². The zero-order valence-electron chi connectivity index (χ0n) is 14.8. The van der Waals surface area contributed by atoms with E-state index in [0.717, 1.165) is 19.2 Å². The van der Waals surface area contributed by atoms with Crippen LogP contribution in [0.1, 0.15) is 13.2 Å². The lowest BCUT2D eigenvalue weighted by Gasteiger charge is -2.27. The molecule has 30 heavy (non-hydrogen) atoms. The summed E-state index contributed by atoms with van der Waals surface area (Å²) in [5.74, 6) is -0.166. The number of hydrogen-bond acceptors (Lipinski definition) is 11. The molecule has 1 saturated heterocycles. The van der Waals surface area contributed by atoms with Gasteiger partial charge in [-0.2, -0.15) is 13.6 Å². The van der Waals surface area contributed by atoms with E-state index in [0.29, 0.717) is 4.57 Å². The van der Waals surface area contributed by atoms with Crippen molar-refractivity contribution in [1.82, 2.24) is 9.55 Å². The highest BCUT2D eigenvalue weighted by atomic mass is 31.3. The molecule has 0 radical (unpaired) electrons. The van der Waals surface area contributed by atoms with Crippen molar-refractivity contribution in [2.45, 2.75) is 31.0 Å². The number of nitrogen functional groups attached to an aromatic ring is 1. The van der Waals surface area contributed by atoms with Crippen molar-refractivity contribution in [2.75, 3.05) is 12.3 Å². The number of aliphatic hydroxyl groups excluding tert-OH is 1. The number of nitrogens with two attached hydrogens (primary N) is 1. The summed E-state index contributed by atoms with van der Waals surface area (Å²) >= 11 is 0. The van der Waals surface area contributed by atoms with Gasteiger partial charge in [0.25, 0.3) is 0 Å². The highest BCUT2D eigenvalue weighted by molar-refractivity contribution is 7.66. The van der Waals surface area contributed by atoms with Crippen LogP contribution in [0, 0.1) is 0 Å². The van der Waals surface area contributed by atoms with Crippen LogP contribution in [0.4, 0.5) is 10.2 Å². The van der Waals surface area contributed by atoms with E-state index in [4.69, 9.17) is 25.2 Å². The number of aliphatic hydroxyl groups is 1. The van der Waals surface area contributed by atoms with Crippen molar-refractivity contribution in [3.8, 4) is 0 Å². The maximum absolute atomic E-state index is 14.5. The third-order valence-electron chi connectivity index (χ3n) is 3.65. The number of alkyl halides is 1. The van der Waals surface area contributed by atoms with Gasteiger partial charge in [0.15, 0.2) is 12.4 Å². The highest BCUT2D eigenvalue weighted by Crippen LogP contribution is 2.66. The third-order valence-corrected chi connectivity index (χ3v) is 7.43. The summed E-state index contributed by atoms with van der Waals surface area (Å²) in [5, 5.41) is 10.1. The van der Waals surface area contributed by atoms with Crippen molar-refractivity contribution in [1.29, 1.82) is 0 Å². The van der Waals surface area contributed by atoms with Gasteiger partial charge in [0.1, 0.15) is 17.5 Å². The fourth-order valence-corrected chi connectivity index (χ4v) is 5.48. The number of rotatable bonds is 8. The maximum atomic E-state index is 14.5. The number of halogens is 1. The first-order chi connectivity index (χ1) is 13.4. The Balaban J connectivity index is 2.14. The van der Waals surface area contributed by atoms with E-state index in [1.54, 1.807) is 0 Å². The summed E-state index contributed by atoms with van der Waals surface area (Å²) in [5.41, 5.74) is 2.21. The fraction of sp³-hybridized carbons (Fsp3) is 0.600. The van der Waals surface area contributed by atoms with Gasteiger partial charge in [-0.1, -0.05) is 0 Å². The van der Waals surface area contributed by atoms with Crippen LogP contribution in [0.15, 0.2) is 17.1 Å². The van der Waals surface area contributed by atoms with E-state index in [2.05, 4.69) is 18.1 Å². The van der Waals surface area contributed by atoms with Crippen LogP contribution in [0.3, 0.4) is 0 Å². The van der Waals surface area contributed by atoms with Gasteiger partial charge in [-0.3, -0.25) is 9.09 Å². The highest BCUT2D eigenvalue weighted by Gasteiger charge is 2.55. The van der Waals surface area contributed by atoms with Crippen molar-refractivity contribution in [3.05, 3.63) is 22.7 Å². The second-order valence-electron chi connectivity index (χ2n) is 6.12. The quantitative estimate of drug-likeness (QED) is 0.238. The van der Waals surface area contributed by atoms with E-state index in [1.165, 1.54) is 0 Å². The molecule has 1 aliphatic heterocycles. The third kappa shape index (κ3) is 6.23. The molecule has 7 N–H and O–H groups in total. The second kappa shape index (κ2) is 8.47. The van der Waals surface area contributed by atoms with Crippen LogP contribution >= 0.6 is 23.5 Å². The molecule has 172 valence electrons. The van der Waals surface area contributed by atoms with Crippen molar-refractivity contribution < 1.29 is 60.6 Å². The molecule has 16 nitrogen and oxygen atoms in total. The van der Waals surface area contributed by atoms with Gasteiger partial charge in [0.05, 0.1) is 6.61 Å². The molecule has 20 heteroatoms. The number of ether oxygens (including phenoxy) is 1. The SMILES string of the molecule is C[C@]1(COP(=O)(O)OP(=O)(O)OP(=O)(O)O)O[C@@H](n2ccc(N)nc2=O)[C@H](F)[C@@H]1O. The minimum Gasteiger partial charge on any atom is -0.387 e. The summed E-state index contributed by atoms with van der Waals surface area (Å²) in [6, 6.07) is 1.14. The molecule has 2 rings (SSSR count). The minimum atomic E-state index is -5.76. The summed E-state index contributed by atoms with van der Waals surface area (Å²) in [4.78, 5) is 50.7. The van der Waals surface area contributed by atoms with E-state index in [-0.39, 0.29) is 5.82 Å². The molecular weight excluding hydrogens is 482 g/mol. The predicted molar refractivity (Wildman–Crippen MR) is 92.2 cm³/mol. The molecule has 0 aliphatic carbocycles. The van der Waals surface area contributed by atoms with Gasteiger partial charge >= 0.3 is 29.2 Å². The number of phosphoric ester groups is 1. The van der Waals surface area contributed by atoms with Gasteiger partial charge in [-0.25, -0.2) is 22.9 Å². The van der Waals surface area contributed by atoms with Crippen LogP contribution in [0.25, 0.3) is 0 Å². The summed E-state index contributed by atoms with van der Waals surface area (Å²) in [6.45, 7) is -0.114. The van der Waals surface area contributed by atoms with Crippen molar-refractivity contribution in [3.63, 3.8) is 0 Å². The second-order valence-corrected chi connectivity index (χ2v) is 10.5. The van der Waals surface area contributed by atoms with Gasteiger partial charge < -0.3 is 35.2 Å². The standard InChI is InChI=1S/C10H17FN3O13P3/c1-10(4-24-29(20,21)27-30(22,23)26-28(17,18)19)7(15)6(11)8(25-10)14-3-2-5(12)13-9(14)16/h2-3,6-8,15H,4H2,1H3,(H,20,21)(H,22,23)(H2,12,13,16)(H2,17,18,19)/t6-,7+,8-,10-/m1/s1. The lowest BCUT2D eigenvalue weighted by molar-refractivity contribution is -0.115. The Morgan fingerprint density at radius 3 is 2.40 bits per heavy atom. The van der Waals surface area contributed by atoms with Crippen LogP contribution in [0.5, 0.6) is 0 Å². The van der Waals surface area contributed by atoms with E-state index in [1.807, 2.05) is 0 Å². The molecule has 0 amide bonds. The Labute approximate surface area is 166 Å². The maximum Gasteiger partial charge on any atom is 0.490 e. The number of hydrogen-bond donors (Lipinski definition) is 6. The lowest BCUT2D eigenvalue weighted by Crippen LogP contribution is -2.43. The minimum absolute atomic E-state index is 0.166. The molecule has 6 atom stereocenters. The average molecular weight is 499 g/mol. The first-order valence-electron chi connectivity index (χ1n) is 7.58. The molecule has 1 fully saturated rings. The largest absolute Gasteiger partial charge is 0.490 e. The molecule has 2 unspecified atom stereocenters. The molecule has 1 aliphatic rings. The van der Waals surface area contributed by atoms with Crippen LogP contribution in [0.2, 0.25) is 0 Å². The zero-order valence-corrected chi connectivity index (χ0v) is 17.5. The number of nitrogens with zero attached hydrogens (tertiary/aromatic N) is 2. The van der Waals surface area contributed by atoms with Gasteiger partial charge in [-0.05, 0) is 13.0 Å². The molecule has 0 spiro atoms. The Kier molecular flexibility index (Phi) is 7.11. The Morgan fingerprint density at radius 1 is 1.27 bits per heavy atom. The molecule has 0 bridgehead atoms. The Hall–Kier alpha value is -1.06.